The van der Waals surface area contributed by atoms with Gasteiger partial charge in [0.2, 0.25) is 0 Å². The number of benzene rings is 4. The second-order valence-electron chi connectivity index (χ2n) is 12.8. The summed E-state index contributed by atoms with van der Waals surface area (Å²) in [5, 5.41) is 0. The minimum absolute atomic E-state index is 0. The molecule has 0 atom stereocenters. The van der Waals surface area contributed by atoms with Crippen LogP contribution in [-0.2, 0) is 41.2 Å². The van der Waals surface area contributed by atoms with E-state index in [0.29, 0.717) is 22.9 Å². The Kier molecular flexibility index (Phi) is 14.6. The zero-order valence-corrected chi connectivity index (χ0v) is 35.7. The molecule has 11 heteroatoms. The van der Waals surface area contributed by atoms with Crippen LogP contribution in [0.3, 0.4) is 0 Å². The largest absolute Gasteiger partial charge is 0.510 e. The number of fused-ring (bicyclic) bond motifs is 1. The van der Waals surface area contributed by atoms with Gasteiger partial charge in [0.1, 0.15) is 0 Å². The number of nitrogens with zero attached hydrogens (tertiary/aromatic N) is 8. The fraction of sp³-hybridized carbons (Fsp3) is 0.109. The number of para-hydroxylation sites is 4. The molecule has 0 saturated heterocycles. The Labute approximate surface area is 364 Å². The first-order chi connectivity index (χ1) is 27.2. The number of aromatic nitrogens is 2. The number of unbranched alkanes of at least 4 members (excludes halogenated alkanes) is 1. The Morgan fingerprint density at radius 3 is 1.79 bits per heavy atom. The van der Waals surface area contributed by atoms with Crippen molar-refractivity contribution < 1.29 is 45.9 Å². The molecular formula is C46H38IrN8OPt-8. The van der Waals surface area contributed by atoms with Crippen LogP contribution in [0.5, 0.6) is 11.5 Å². The monoisotopic (exact) mass is 1110 g/mol. The van der Waals surface area contributed by atoms with Gasteiger partial charge in [-0.1, -0.05) is 12.1 Å². The molecule has 3 aliphatic rings. The third kappa shape index (κ3) is 10.5. The zero-order chi connectivity index (χ0) is 37.2. The predicted molar refractivity (Wildman–Crippen MR) is 217 cm³/mol. The Balaban J connectivity index is 0.000000187. The molecule has 0 aliphatic carbocycles. The molecule has 9 rings (SSSR count). The first-order valence-corrected chi connectivity index (χ1v) is 18.1. The molecule has 0 amide bonds. The van der Waals surface area contributed by atoms with E-state index in [1.54, 1.807) is 24.5 Å². The van der Waals surface area contributed by atoms with Gasteiger partial charge in [-0.25, -0.2) is 6.07 Å². The Hall–Kier alpha value is -5.40. The number of hydrogen-bond acceptors (Lipinski definition) is 9. The number of anilines is 5. The normalized spacial score (nSPS) is 13.8. The van der Waals surface area contributed by atoms with Gasteiger partial charge in [0.25, 0.3) is 0 Å². The van der Waals surface area contributed by atoms with Crippen LogP contribution in [0.4, 0.5) is 28.4 Å². The van der Waals surface area contributed by atoms with Gasteiger partial charge >= 0.3 is 0 Å². The Morgan fingerprint density at radius 1 is 0.561 bits per heavy atom. The van der Waals surface area contributed by atoms with E-state index in [4.69, 9.17) is 4.74 Å². The van der Waals surface area contributed by atoms with Crippen LogP contribution in [0, 0.1) is 50.3 Å². The molecule has 0 bridgehead atoms. The number of hydrogen-bond donors (Lipinski definition) is 0. The maximum Gasteiger partial charge on any atom is 0.0326 e. The molecule has 295 valence electrons. The quantitative estimate of drug-likeness (QED) is 0.0935. The molecule has 0 spiro atoms. The van der Waals surface area contributed by atoms with Crippen LogP contribution in [0.25, 0.3) is 11.4 Å². The summed E-state index contributed by atoms with van der Waals surface area (Å²) in [5.74, 6) is 1.15. The second kappa shape index (κ2) is 20.1. The van der Waals surface area contributed by atoms with Crippen molar-refractivity contribution >= 4 is 28.4 Å². The molecule has 5 heterocycles. The number of ether oxygens (including phenoxy) is 1. The van der Waals surface area contributed by atoms with E-state index in [9.17, 15) is 0 Å². The molecule has 3 aliphatic heterocycles. The van der Waals surface area contributed by atoms with E-state index in [0.717, 1.165) is 54.4 Å². The average molecular weight is 1110 g/mol. The van der Waals surface area contributed by atoms with Crippen LogP contribution in [-0.4, -0.2) is 39.9 Å². The SMILES string of the molecule is CN1[CH-]N(c2[c-]c(Oc3[c-]c(-c4[c-]cccn4)ncc3)ccc2)c2ccccc21.[Ir].[Pt].[c-]1ccccc1N1C=CN(CCCCN2C=CN(c3[c-]cccc3)[CH-]2)[CH-]1. The van der Waals surface area contributed by atoms with Crippen molar-refractivity contribution in [1.29, 1.82) is 0 Å². The van der Waals surface area contributed by atoms with Gasteiger partial charge in [-0.05, 0) is 82.3 Å². The topological polar surface area (TPSA) is 54.5 Å². The summed E-state index contributed by atoms with van der Waals surface area (Å²) in [6.45, 7) is 8.33. The van der Waals surface area contributed by atoms with Gasteiger partial charge in [0, 0.05) is 64.0 Å². The molecule has 0 saturated carbocycles. The van der Waals surface area contributed by atoms with Crippen molar-refractivity contribution in [3.8, 4) is 22.9 Å². The van der Waals surface area contributed by atoms with Gasteiger partial charge in [0.05, 0.1) is 0 Å². The minimum atomic E-state index is 0. The van der Waals surface area contributed by atoms with E-state index in [-0.39, 0.29) is 41.2 Å². The summed E-state index contributed by atoms with van der Waals surface area (Å²) in [5.41, 5.74) is 6.50. The van der Waals surface area contributed by atoms with E-state index in [1.807, 2.05) is 86.5 Å². The molecule has 4 aromatic carbocycles. The molecular weight excluding hydrogens is 1070 g/mol. The first-order valence-electron chi connectivity index (χ1n) is 18.1. The summed E-state index contributed by atoms with van der Waals surface area (Å²) in [6.07, 6.45) is 14.1. The maximum atomic E-state index is 6.01. The molecule has 0 fully saturated rings. The molecule has 57 heavy (non-hydrogen) atoms. The summed E-state index contributed by atoms with van der Waals surface area (Å²) in [6, 6.07) is 51.5. The molecule has 6 aromatic rings. The molecule has 0 N–H and O–H groups in total. The van der Waals surface area contributed by atoms with Crippen molar-refractivity contribution in [2.45, 2.75) is 12.8 Å². The van der Waals surface area contributed by atoms with E-state index in [1.165, 1.54) is 0 Å². The molecule has 2 aromatic heterocycles. The van der Waals surface area contributed by atoms with Crippen molar-refractivity contribution in [1.82, 2.24) is 19.8 Å². The molecule has 1 radical (unpaired) electrons. The van der Waals surface area contributed by atoms with Crippen molar-refractivity contribution in [3.63, 3.8) is 0 Å². The summed E-state index contributed by atoms with van der Waals surface area (Å²) in [7, 11) is 2.03. The standard InChI is InChI=1S/C24H16N4O.C22H22N4.Ir.Pt/c1-27-17-28(24-11-3-2-10-23(24)27)18-7-6-8-19(15-18)29-20-12-14-26-22(16-20)21-9-4-5-13-25-21;1-3-9-21(10-4-1)25-17-15-23(19-25)13-7-8-14-24-16-18-26(20-24)22-11-5-2-6-12-22;;/h2-8,10-14,17H,1H3;1-6,9,11,15-20H,7-8,13-14H2;;/q2*-4;;. The van der Waals surface area contributed by atoms with Crippen LogP contribution >= 0.6 is 0 Å². The van der Waals surface area contributed by atoms with Crippen LogP contribution < -0.4 is 24.3 Å². The van der Waals surface area contributed by atoms with Crippen LogP contribution in [0.2, 0.25) is 0 Å². The second-order valence-corrected chi connectivity index (χ2v) is 12.8. The zero-order valence-electron chi connectivity index (χ0n) is 31.1. The Bertz CT molecular complexity index is 2150. The molecule has 0 unspecified atom stereocenters. The minimum Gasteiger partial charge on any atom is -0.510 e. The third-order valence-corrected chi connectivity index (χ3v) is 8.95. The van der Waals surface area contributed by atoms with Crippen molar-refractivity contribution in [2.75, 3.05) is 39.7 Å². The van der Waals surface area contributed by atoms with Gasteiger partial charge < -0.3 is 44.1 Å². The van der Waals surface area contributed by atoms with Crippen molar-refractivity contribution in [2.24, 2.45) is 0 Å². The van der Waals surface area contributed by atoms with Gasteiger partial charge in [-0.15, -0.1) is 58.8 Å². The van der Waals surface area contributed by atoms with Crippen molar-refractivity contribution in [3.05, 3.63) is 197 Å². The van der Waals surface area contributed by atoms with Gasteiger partial charge in [-0.3, -0.25) is 0 Å². The number of pyridine rings is 2. The molecule has 9 nitrogen and oxygen atoms in total. The van der Waals surface area contributed by atoms with Gasteiger partial charge in [0.15, 0.2) is 0 Å². The van der Waals surface area contributed by atoms with E-state index >= 15 is 0 Å². The smallest absolute Gasteiger partial charge is 0.0326 e. The number of rotatable bonds is 11. The summed E-state index contributed by atoms with van der Waals surface area (Å²) in [4.78, 5) is 21.4. The Morgan fingerprint density at radius 2 is 1.16 bits per heavy atom. The summed E-state index contributed by atoms with van der Waals surface area (Å²) < 4.78 is 6.01. The third-order valence-electron chi connectivity index (χ3n) is 8.95. The van der Waals surface area contributed by atoms with Crippen LogP contribution in [0.15, 0.2) is 146 Å². The van der Waals surface area contributed by atoms with E-state index < -0.39 is 0 Å². The summed E-state index contributed by atoms with van der Waals surface area (Å²) >= 11 is 0. The fourth-order valence-electron chi connectivity index (χ4n) is 6.23. The van der Waals surface area contributed by atoms with E-state index in [2.05, 4.69) is 132 Å². The maximum absolute atomic E-state index is 6.01. The van der Waals surface area contributed by atoms with Gasteiger partial charge in [-0.2, -0.15) is 98.9 Å². The van der Waals surface area contributed by atoms with Crippen LogP contribution in [0.1, 0.15) is 12.8 Å². The first kappa shape index (κ1) is 41.2. The average Bonchev–Trinajstić information content (AvgIpc) is 4.01. The predicted octanol–water partition coefficient (Wildman–Crippen LogP) is 9.23. The fourth-order valence-corrected chi connectivity index (χ4v) is 6.23.